The summed E-state index contributed by atoms with van der Waals surface area (Å²) in [7, 11) is 2.85. The Labute approximate surface area is 155 Å². The molecule has 24 heavy (non-hydrogen) atoms. The number of allylic oxidation sites excluding steroid dienone is 1. The van der Waals surface area contributed by atoms with Crippen LogP contribution < -0.4 is 0 Å². The maximum absolute atomic E-state index is 4.46. The van der Waals surface area contributed by atoms with Gasteiger partial charge in [0.05, 0.1) is 0 Å². The Morgan fingerprint density at radius 2 is 1.50 bits per heavy atom. The first kappa shape index (κ1) is 22.2. The van der Waals surface area contributed by atoms with E-state index < -0.39 is 0 Å². The summed E-state index contributed by atoms with van der Waals surface area (Å²) in [5, 5.41) is 0. The Balaban J connectivity index is 2.72. The molecular weight excluding hydrogens is 309 g/mol. The molecule has 0 amide bonds. The first-order valence-corrected chi connectivity index (χ1v) is 10.3. The fraction of sp³-hybridized carbons (Fsp3) is 0.909. The molecule has 0 bridgehead atoms. The molecule has 0 aromatic rings. The maximum Gasteiger partial charge on any atom is 0.00481 e. The topological polar surface area (TPSA) is 3.24 Å². The highest BCUT2D eigenvalue weighted by Crippen LogP contribution is 2.54. The highest BCUT2D eigenvalue weighted by atomic mass is 31.0. The molecule has 2 heteroatoms. The lowest BCUT2D eigenvalue weighted by molar-refractivity contribution is 0.00201. The van der Waals surface area contributed by atoms with Gasteiger partial charge in [0.2, 0.25) is 0 Å². The molecule has 1 fully saturated rings. The van der Waals surface area contributed by atoms with E-state index in [-0.39, 0.29) is 10.8 Å². The molecule has 1 rings (SSSR count). The maximum atomic E-state index is 4.46. The van der Waals surface area contributed by atoms with Crippen molar-refractivity contribution >= 4 is 9.39 Å². The summed E-state index contributed by atoms with van der Waals surface area (Å²) in [6.07, 6.45) is 4.91. The highest BCUT2D eigenvalue weighted by molar-refractivity contribution is 7.13. The lowest BCUT2D eigenvalue weighted by Gasteiger charge is -2.50. The third-order valence-corrected chi connectivity index (χ3v) is 7.80. The summed E-state index contributed by atoms with van der Waals surface area (Å²) < 4.78 is 2.37. The van der Waals surface area contributed by atoms with Gasteiger partial charge in [-0.3, -0.25) is 4.67 Å². The molecule has 0 aromatic heterocycles. The standard InChI is InChI=1S/C22H44NP/c1-17(13-18-11-12-23(24)15-18)14-20(5,6)22(9,10)16-21(7,8)19(2,3)4/h18H,1,11-16,24H2,2-10H3. The zero-order valence-corrected chi connectivity index (χ0v) is 19.2. The Hall–Kier alpha value is 0.130. The molecule has 0 saturated carbocycles. The van der Waals surface area contributed by atoms with E-state index in [0.29, 0.717) is 10.8 Å². The van der Waals surface area contributed by atoms with Crippen LogP contribution in [0.15, 0.2) is 12.2 Å². The van der Waals surface area contributed by atoms with E-state index in [1.807, 2.05) is 0 Å². The van der Waals surface area contributed by atoms with E-state index in [4.69, 9.17) is 0 Å². The van der Waals surface area contributed by atoms with Crippen molar-refractivity contribution in [2.45, 2.75) is 88.0 Å². The van der Waals surface area contributed by atoms with Gasteiger partial charge in [0.25, 0.3) is 0 Å². The first-order chi connectivity index (χ1) is 10.6. The van der Waals surface area contributed by atoms with Crippen LogP contribution >= 0.6 is 9.39 Å². The van der Waals surface area contributed by atoms with Crippen LogP contribution in [0.4, 0.5) is 0 Å². The van der Waals surface area contributed by atoms with E-state index in [1.165, 1.54) is 37.9 Å². The molecule has 1 heterocycles. The third kappa shape index (κ3) is 5.57. The molecular formula is C22H44NP. The van der Waals surface area contributed by atoms with Crippen LogP contribution in [0.25, 0.3) is 0 Å². The van der Waals surface area contributed by atoms with Crippen molar-refractivity contribution in [1.82, 2.24) is 4.67 Å². The predicted octanol–water partition coefficient (Wildman–Crippen LogP) is 6.95. The molecule has 2 unspecified atom stereocenters. The van der Waals surface area contributed by atoms with E-state index in [9.17, 15) is 0 Å². The molecule has 0 aliphatic carbocycles. The van der Waals surface area contributed by atoms with Crippen LogP contribution in [0.3, 0.4) is 0 Å². The molecule has 1 saturated heterocycles. The monoisotopic (exact) mass is 353 g/mol. The van der Waals surface area contributed by atoms with Crippen LogP contribution in [-0.2, 0) is 0 Å². The van der Waals surface area contributed by atoms with Crippen LogP contribution in [0.1, 0.15) is 88.0 Å². The van der Waals surface area contributed by atoms with Gasteiger partial charge in [-0.15, -0.1) is 0 Å². The number of hydrogen-bond acceptors (Lipinski definition) is 1. The average molecular weight is 354 g/mol. The molecule has 0 aromatic carbocycles. The van der Waals surface area contributed by atoms with E-state index in [1.54, 1.807) is 0 Å². The van der Waals surface area contributed by atoms with Crippen LogP contribution in [0, 0.1) is 27.6 Å². The van der Waals surface area contributed by atoms with Gasteiger partial charge in [0.1, 0.15) is 0 Å². The molecule has 0 N–H and O–H groups in total. The minimum Gasteiger partial charge on any atom is -0.287 e. The van der Waals surface area contributed by atoms with Gasteiger partial charge < -0.3 is 0 Å². The number of hydrogen-bond donors (Lipinski definition) is 0. The summed E-state index contributed by atoms with van der Waals surface area (Å²) in [5.41, 5.74) is 2.65. The van der Waals surface area contributed by atoms with Crippen molar-refractivity contribution < 1.29 is 0 Å². The van der Waals surface area contributed by atoms with E-state index in [2.05, 4.69) is 83.0 Å². The van der Waals surface area contributed by atoms with Crippen LogP contribution in [0.5, 0.6) is 0 Å². The van der Waals surface area contributed by atoms with Gasteiger partial charge in [0, 0.05) is 13.1 Å². The second-order valence-corrected chi connectivity index (χ2v) is 12.1. The second kappa shape index (κ2) is 7.40. The molecule has 0 spiro atoms. The van der Waals surface area contributed by atoms with Gasteiger partial charge >= 0.3 is 0 Å². The normalized spacial score (nSPS) is 21.3. The van der Waals surface area contributed by atoms with E-state index in [0.717, 1.165) is 12.3 Å². The van der Waals surface area contributed by atoms with Crippen molar-refractivity contribution in [3.63, 3.8) is 0 Å². The smallest absolute Gasteiger partial charge is 0.00481 e. The summed E-state index contributed by atoms with van der Waals surface area (Å²) in [5.74, 6) is 0.805. The number of rotatable bonds is 7. The molecule has 1 aliphatic rings. The molecule has 1 aliphatic heterocycles. The van der Waals surface area contributed by atoms with Crippen LogP contribution in [0.2, 0.25) is 0 Å². The largest absolute Gasteiger partial charge is 0.287 e. The minimum absolute atomic E-state index is 0.270. The highest BCUT2D eigenvalue weighted by Gasteiger charge is 2.44. The molecule has 142 valence electrons. The Morgan fingerprint density at radius 1 is 0.958 bits per heavy atom. The number of nitrogens with zero attached hydrogens (tertiary/aromatic N) is 1. The minimum atomic E-state index is 0.270. The predicted molar refractivity (Wildman–Crippen MR) is 113 cm³/mol. The van der Waals surface area contributed by atoms with Crippen molar-refractivity contribution in [2.24, 2.45) is 27.6 Å². The second-order valence-electron chi connectivity index (χ2n) is 11.4. The Morgan fingerprint density at radius 3 is 1.92 bits per heavy atom. The quantitative estimate of drug-likeness (QED) is 0.353. The summed E-state index contributed by atoms with van der Waals surface area (Å²) in [6.45, 7) is 28.7. The fourth-order valence-electron chi connectivity index (χ4n) is 3.98. The third-order valence-electron chi connectivity index (χ3n) is 7.33. The first-order valence-electron chi connectivity index (χ1n) is 9.74. The molecule has 1 nitrogen and oxygen atoms in total. The fourth-order valence-corrected chi connectivity index (χ4v) is 4.43. The van der Waals surface area contributed by atoms with Crippen molar-refractivity contribution in [3.05, 3.63) is 12.2 Å². The SMILES string of the molecule is C=C(CC1CCN(P)C1)CC(C)(C)C(C)(C)CC(C)(C)C(C)(C)C. The Bertz CT molecular complexity index is 439. The van der Waals surface area contributed by atoms with Gasteiger partial charge in [-0.05, 0) is 53.3 Å². The lowest BCUT2D eigenvalue weighted by Crippen LogP contribution is -2.41. The van der Waals surface area contributed by atoms with Gasteiger partial charge in [0.15, 0.2) is 0 Å². The molecule has 2 atom stereocenters. The van der Waals surface area contributed by atoms with Gasteiger partial charge in [-0.2, -0.15) is 0 Å². The van der Waals surface area contributed by atoms with Crippen molar-refractivity contribution in [2.75, 3.05) is 13.1 Å². The van der Waals surface area contributed by atoms with Crippen molar-refractivity contribution in [1.29, 1.82) is 0 Å². The van der Waals surface area contributed by atoms with E-state index >= 15 is 0 Å². The summed E-state index contributed by atoms with van der Waals surface area (Å²) >= 11 is 0. The van der Waals surface area contributed by atoms with Crippen LogP contribution in [-0.4, -0.2) is 17.8 Å². The zero-order chi connectivity index (χ0) is 19.0. The summed E-state index contributed by atoms with van der Waals surface area (Å²) in [4.78, 5) is 0. The van der Waals surface area contributed by atoms with Gasteiger partial charge in [-0.25, -0.2) is 0 Å². The van der Waals surface area contributed by atoms with Gasteiger partial charge in [-0.1, -0.05) is 83.9 Å². The zero-order valence-electron chi connectivity index (χ0n) is 18.1. The summed E-state index contributed by atoms with van der Waals surface area (Å²) in [6, 6.07) is 0. The lowest BCUT2D eigenvalue weighted by atomic mass is 9.55. The molecule has 0 radical (unpaired) electrons. The van der Waals surface area contributed by atoms with Crippen molar-refractivity contribution in [3.8, 4) is 0 Å². The average Bonchev–Trinajstić information content (AvgIpc) is 2.70. The Kier molecular flexibility index (Phi) is 6.83.